The van der Waals surface area contributed by atoms with Crippen LogP contribution in [0.2, 0.25) is 0 Å². The molecule has 0 saturated heterocycles. The van der Waals surface area contributed by atoms with Gasteiger partial charge < -0.3 is 5.32 Å². The third-order valence-electron chi connectivity index (χ3n) is 5.48. The van der Waals surface area contributed by atoms with E-state index in [4.69, 9.17) is 0 Å². The third-order valence-corrected chi connectivity index (χ3v) is 5.48. The molecule has 1 heteroatoms. The molecule has 1 N–H and O–H groups in total. The van der Waals surface area contributed by atoms with E-state index in [1.807, 2.05) is 0 Å². The van der Waals surface area contributed by atoms with Crippen LogP contribution in [0.5, 0.6) is 0 Å². The first kappa shape index (κ1) is 18.0. The molecule has 1 aliphatic rings. The van der Waals surface area contributed by atoms with Gasteiger partial charge in [0.25, 0.3) is 0 Å². The van der Waals surface area contributed by atoms with E-state index in [1.54, 1.807) is 0 Å². The van der Waals surface area contributed by atoms with E-state index >= 15 is 0 Å². The molecular weight excluding hydrogens is 242 g/mol. The molecule has 0 aromatic heterocycles. The van der Waals surface area contributed by atoms with Gasteiger partial charge in [-0.1, -0.05) is 66.2 Å². The molecular formula is C19H39N. The highest BCUT2D eigenvalue weighted by Crippen LogP contribution is 2.36. The van der Waals surface area contributed by atoms with E-state index in [-0.39, 0.29) is 0 Å². The first-order chi connectivity index (χ1) is 9.69. The molecule has 0 amide bonds. The lowest BCUT2D eigenvalue weighted by atomic mass is 9.72. The molecule has 0 spiro atoms. The maximum absolute atomic E-state index is 3.87. The van der Waals surface area contributed by atoms with Gasteiger partial charge in [0.1, 0.15) is 0 Å². The third kappa shape index (κ3) is 6.61. The summed E-state index contributed by atoms with van der Waals surface area (Å²) in [5.41, 5.74) is 0. The summed E-state index contributed by atoms with van der Waals surface area (Å²) < 4.78 is 0. The Bertz CT molecular complexity index is 226. The van der Waals surface area contributed by atoms with E-state index in [9.17, 15) is 0 Å². The number of hydrogen-bond donors (Lipinski definition) is 1. The molecule has 0 heterocycles. The number of nitrogens with one attached hydrogen (secondary N) is 1. The zero-order valence-electron chi connectivity index (χ0n) is 14.6. The predicted molar refractivity (Wildman–Crippen MR) is 91.1 cm³/mol. The van der Waals surface area contributed by atoms with Crippen molar-refractivity contribution in [3.63, 3.8) is 0 Å². The van der Waals surface area contributed by atoms with Crippen LogP contribution in [0.25, 0.3) is 0 Å². The smallest absolute Gasteiger partial charge is 0.00954 e. The fourth-order valence-corrected chi connectivity index (χ4v) is 3.76. The number of rotatable bonds is 10. The lowest BCUT2D eigenvalue weighted by Gasteiger charge is -2.37. The Balaban J connectivity index is 2.34. The molecule has 0 radical (unpaired) electrons. The second kappa shape index (κ2) is 10.7. The molecule has 0 bridgehead atoms. The van der Waals surface area contributed by atoms with Crippen LogP contribution in [0, 0.1) is 17.8 Å². The summed E-state index contributed by atoms with van der Waals surface area (Å²) in [6.45, 7) is 10.7. The van der Waals surface area contributed by atoms with Gasteiger partial charge >= 0.3 is 0 Å². The number of hydrogen-bond acceptors (Lipinski definition) is 1. The molecule has 0 aromatic rings. The Morgan fingerprint density at radius 1 is 0.900 bits per heavy atom. The highest BCUT2D eigenvalue weighted by atomic mass is 14.9. The molecule has 1 aliphatic carbocycles. The normalized spacial score (nSPS) is 28.5. The largest absolute Gasteiger partial charge is 0.314 e. The van der Waals surface area contributed by atoms with Gasteiger partial charge in [-0.3, -0.25) is 0 Å². The van der Waals surface area contributed by atoms with Crippen molar-refractivity contribution in [1.29, 1.82) is 0 Å². The van der Waals surface area contributed by atoms with Crippen LogP contribution >= 0.6 is 0 Å². The van der Waals surface area contributed by atoms with Crippen molar-refractivity contribution in [3.05, 3.63) is 0 Å². The van der Waals surface area contributed by atoms with Gasteiger partial charge in [0.05, 0.1) is 0 Å². The van der Waals surface area contributed by atoms with Crippen molar-refractivity contribution in [2.45, 2.75) is 97.9 Å². The van der Waals surface area contributed by atoms with Gasteiger partial charge in [-0.2, -0.15) is 0 Å². The SMILES string of the molecule is CCCCCCCC(NCCC)C1CCC(C)C(C)C1. The van der Waals surface area contributed by atoms with Crippen molar-refractivity contribution in [3.8, 4) is 0 Å². The van der Waals surface area contributed by atoms with E-state index in [1.165, 1.54) is 70.8 Å². The average molecular weight is 282 g/mol. The highest BCUT2D eigenvalue weighted by Gasteiger charge is 2.29. The molecule has 1 nitrogen and oxygen atoms in total. The van der Waals surface area contributed by atoms with Crippen molar-refractivity contribution < 1.29 is 0 Å². The van der Waals surface area contributed by atoms with Crippen molar-refractivity contribution in [2.24, 2.45) is 17.8 Å². The molecule has 0 aliphatic heterocycles. The summed E-state index contributed by atoms with van der Waals surface area (Å²) in [5, 5.41) is 3.87. The summed E-state index contributed by atoms with van der Waals surface area (Å²) in [7, 11) is 0. The summed E-state index contributed by atoms with van der Waals surface area (Å²) >= 11 is 0. The van der Waals surface area contributed by atoms with Crippen LogP contribution in [0.1, 0.15) is 91.9 Å². The zero-order valence-corrected chi connectivity index (χ0v) is 14.6. The maximum Gasteiger partial charge on any atom is 0.00954 e. The van der Waals surface area contributed by atoms with Gasteiger partial charge in [0.2, 0.25) is 0 Å². The molecule has 20 heavy (non-hydrogen) atoms. The Hall–Kier alpha value is -0.0400. The molecule has 120 valence electrons. The molecule has 1 rings (SSSR count). The minimum Gasteiger partial charge on any atom is -0.314 e. The lowest BCUT2D eigenvalue weighted by molar-refractivity contribution is 0.164. The topological polar surface area (TPSA) is 12.0 Å². The van der Waals surface area contributed by atoms with Crippen molar-refractivity contribution in [2.75, 3.05) is 6.54 Å². The minimum absolute atomic E-state index is 0.798. The summed E-state index contributed by atoms with van der Waals surface area (Å²) in [6, 6.07) is 0.798. The maximum atomic E-state index is 3.87. The van der Waals surface area contributed by atoms with Crippen LogP contribution in [0.3, 0.4) is 0 Å². The zero-order chi connectivity index (χ0) is 14.8. The lowest BCUT2D eigenvalue weighted by Crippen LogP contribution is -2.40. The van der Waals surface area contributed by atoms with Crippen LogP contribution in [0.15, 0.2) is 0 Å². The van der Waals surface area contributed by atoms with Gasteiger partial charge in [0, 0.05) is 6.04 Å². The first-order valence-electron chi connectivity index (χ1n) is 9.42. The van der Waals surface area contributed by atoms with Gasteiger partial charge in [-0.05, 0) is 50.0 Å². The van der Waals surface area contributed by atoms with Gasteiger partial charge in [-0.15, -0.1) is 0 Å². The Kier molecular flexibility index (Phi) is 9.59. The van der Waals surface area contributed by atoms with Gasteiger partial charge in [-0.25, -0.2) is 0 Å². The van der Waals surface area contributed by atoms with Crippen LogP contribution in [0.4, 0.5) is 0 Å². The monoisotopic (exact) mass is 281 g/mol. The minimum atomic E-state index is 0.798. The Labute approximate surface area is 128 Å². The first-order valence-corrected chi connectivity index (χ1v) is 9.42. The van der Waals surface area contributed by atoms with Gasteiger partial charge in [0.15, 0.2) is 0 Å². The van der Waals surface area contributed by atoms with E-state index in [2.05, 4.69) is 33.0 Å². The second-order valence-corrected chi connectivity index (χ2v) is 7.29. The van der Waals surface area contributed by atoms with E-state index < -0.39 is 0 Å². The predicted octanol–water partition coefficient (Wildman–Crippen LogP) is 5.79. The van der Waals surface area contributed by atoms with Crippen LogP contribution < -0.4 is 5.32 Å². The second-order valence-electron chi connectivity index (χ2n) is 7.29. The quantitative estimate of drug-likeness (QED) is 0.500. The molecule has 0 aromatic carbocycles. The summed E-state index contributed by atoms with van der Waals surface area (Å²) in [5.74, 6) is 2.82. The standard InChI is InChI=1S/C19H39N/c1-5-7-8-9-10-11-19(20-14-6-2)18-13-12-16(3)17(4)15-18/h16-20H,5-15H2,1-4H3. The Morgan fingerprint density at radius 3 is 2.30 bits per heavy atom. The number of unbranched alkanes of at least 4 members (excludes halogenated alkanes) is 4. The highest BCUT2D eigenvalue weighted by molar-refractivity contribution is 4.83. The molecule has 1 fully saturated rings. The fraction of sp³-hybridized carbons (Fsp3) is 1.00. The Morgan fingerprint density at radius 2 is 1.65 bits per heavy atom. The van der Waals surface area contributed by atoms with Crippen molar-refractivity contribution in [1.82, 2.24) is 5.32 Å². The van der Waals surface area contributed by atoms with Crippen molar-refractivity contribution >= 4 is 0 Å². The molecule has 1 saturated carbocycles. The average Bonchev–Trinajstić information content (AvgIpc) is 2.45. The van der Waals surface area contributed by atoms with Crippen LogP contribution in [-0.2, 0) is 0 Å². The van der Waals surface area contributed by atoms with E-state index in [0.717, 1.165) is 23.8 Å². The van der Waals surface area contributed by atoms with Crippen LogP contribution in [-0.4, -0.2) is 12.6 Å². The van der Waals surface area contributed by atoms with E-state index in [0.29, 0.717) is 0 Å². The summed E-state index contributed by atoms with van der Waals surface area (Å²) in [6.07, 6.45) is 14.1. The molecule has 4 unspecified atom stereocenters. The fourth-order valence-electron chi connectivity index (χ4n) is 3.76. The summed E-state index contributed by atoms with van der Waals surface area (Å²) in [4.78, 5) is 0. The molecule has 4 atom stereocenters.